The van der Waals surface area contributed by atoms with Gasteiger partial charge in [0.15, 0.2) is 0 Å². The average molecular weight is 302 g/mol. The van der Waals surface area contributed by atoms with Crippen LogP contribution in [0.3, 0.4) is 0 Å². The van der Waals surface area contributed by atoms with E-state index in [-0.39, 0.29) is 8.85 Å². The van der Waals surface area contributed by atoms with Gasteiger partial charge in [-0.3, -0.25) is 0 Å². The first kappa shape index (κ1) is 16.8. The molecule has 0 heterocycles. The Morgan fingerprint density at radius 1 is 0.478 bits per heavy atom. The van der Waals surface area contributed by atoms with Gasteiger partial charge in [-0.05, 0) is 46.5 Å². The topological polar surface area (TPSA) is 0 Å². The Labute approximate surface area is 140 Å². The maximum absolute atomic E-state index is 2.16. The van der Waals surface area contributed by atoms with Gasteiger partial charge in [-0.15, -0.1) is 0 Å². The van der Waals surface area contributed by atoms with Crippen LogP contribution in [0.2, 0.25) is 0 Å². The Hall–Kier alpha value is -2.60. The molecule has 0 unspecified atom stereocenters. The number of benzene rings is 4. The highest BCUT2D eigenvalue weighted by molar-refractivity contribution is 5.85. The number of rotatable bonds is 0. The van der Waals surface area contributed by atoms with Crippen LogP contribution in [0.5, 0.6) is 0 Å². The first-order valence-electron chi connectivity index (χ1n) is 7.64. The summed E-state index contributed by atoms with van der Waals surface area (Å²) in [5.41, 5.74) is 2.70. The summed E-state index contributed by atoms with van der Waals surface area (Å²) >= 11 is 0. The second-order valence-electron chi connectivity index (χ2n) is 5.59. The smallest absolute Gasteiger partial charge is 0 e. The fourth-order valence-corrected chi connectivity index (χ4v) is 2.77. The minimum Gasteiger partial charge on any atom is -0.0776 e. The monoisotopic (exact) mass is 302 g/mol. The van der Waals surface area contributed by atoms with Gasteiger partial charge in [-0.25, -0.2) is 0 Å². The second-order valence-corrected chi connectivity index (χ2v) is 5.59. The van der Waals surface area contributed by atoms with E-state index in [4.69, 9.17) is 0 Å². The van der Waals surface area contributed by atoms with Gasteiger partial charge in [0.1, 0.15) is 0 Å². The highest BCUT2D eigenvalue weighted by Crippen LogP contribution is 2.17. The first-order chi connectivity index (χ1) is 10.8. The lowest BCUT2D eigenvalue weighted by atomic mass is 10.1. The highest BCUT2D eigenvalue weighted by Gasteiger charge is 1.92. The SMILES string of the molecule is C.Cc1cccc2ccccc12.Cc1cccc2ccccc12.[HH]. The van der Waals surface area contributed by atoms with Crippen molar-refractivity contribution in [3.05, 3.63) is 96.1 Å². The molecule has 0 fully saturated rings. The summed E-state index contributed by atoms with van der Waals surface area (Å²) < 4.78 is 0. The second kappa shape index (κ2) is 7.60. The molecule has 0 radical (unpaired) electrons. The third-order valence-electron chi connectivity index (χ3n) is 4.02. The van der Waals surface area contributed by atoms with Gasteiger partial charge in [0.25, 0.3) is 0 Å². The maximum atomic E-state index is 2.16. The number of hydrogen-bond acceptors (Lipinski definition) is 0. The predicted molar refractivity (Wildman–Crippen MR) is 106 cm³/mol. The summed E-state index contributed by atoms with van der Waals surface area (Å²) in [7, 11) is 0. The summed E-state index contributed by atoms with van der Waals surface area (Å²) in [6, 6.07) is 29.7. The van der Waals surface area contributed by atoms with Crippen LogP contribution in [0.1, 0.15) is 20.0 Å². The van der Waals surface area contributed by atoms with Crippen LogP contribution in [0, 0.1) is 13.8 Å². The van der Waals surface area contributed by atoms with Gasteiger partial charge in [0.05, 0.1) is 0 Å². The lowest BCUT2D eigenvalue weighted by Crippen LogP contribution is -1.75. The quantitative estimate of drug-likeness (QED) is 0.323. The van der Waals surface area contributed by atoms with Gasteiger partial charge in [0, 0.05) is 1.43 Å². The fourth-order valence-electron chi connectivity index (χ4n) is 2.77. The molecule has 0 heteroatoms. The molecular formula is C23H26. The van der Waals surface area contributed by atoms with E-state index in [1.165, 1.54) is 32.7 Å². The van der Waals surface area contributed by atoms with Crippen LogP contribution in [0.25, 0.3) is 21.5 Å². The summed E-state index contributed by atoms with van der Waals surface area (Å²) in [6.45, 7) is 4.28. The zero-order valence-corrected chi connectivity index (χ0v) is 13.1. The van der Waals surface area contributed by atoms with E-state index in [0.29, 0.717) is 0 Å². The predicted octanol–water partition coefficient (Wildman–Crippen LogP) is 7.18. The number of fused-ring (bicyclic) bond motifs is 2. The van der Waals surface area contributed by atoms with E-state index in [1.807, 2.05) is 0 Å². The molecule has 23 heavy (non-hydrogen) atoms. The van der Waals surface area contributed by atoms with Crippen molar-refractivity contribution in [1.82, 2.24) is 0 Å². The van der Waals surface area contributed by atoms with Crippen LogP contribution in [-0.2, 0) is 0 Å². The van der Waals surface area contributed by atoms with Crippen LogP contribution in [0.4, 0.5) is 0 Å². The molecule has 118 valence electrons. The molecule has 0 aliphatic carbocycles. The molecule has 4 aromatic carbocycles. The molecule has 0 nitrogen and oxygen atoms in total. The van der Waals surface area contributed by atoms with Crippen molar-refractivity contribution < 1.29 is 1.43 Å². The molecule has 0 saturated carbocycles. The van der Waals surface area contributed by atoms with E-state index in [9.17, 15) is 0 Å². The van der Waals surface area contributed by atoms with Gasteiger partial charge >= 0.3 is 0 Å². The molecule has 0 N–H and O–H groups in total. The van der Waals surface area contributed by atoms with Gasteiger partial charge < -0.3 is 0 Å². The molecular weight excluding hydrogens is 276 g/mol. The van der Waals surface area contributed by atoms with Crippen molar-refractivity contribution in [1.29, 1.82) is 0 Å². The van der Waals surface area contributed by atoms with Crippen LogP contribution < -0.4 is 0 Å². The molecule has 0 atom stereocenters. The minimum atomic E-state index is 0. The van der Waals surface area contributed by atoms with E-state index in [0.717, 1.165) is 0 Å². The maximum Gasteiger partial charge on any atom is 0 e. The summed E-state index contributed by atoms with van der Waals surface area (Å²) in [5.74, 6) is 0. The van der Waals surface area contributed by atoms with Gasteiger partial charge in [-0.2, -0.15) is 0 Å². The van der Waals surface area contributed by atoms with Gasteiger partial charge in [0.2, 0.25) is 0 Å². The first-order valence-corrected chi connectivity index (χ1v) is 7.64. The molecule has 0 amide bonds. The molecule has 0 saturated heterocycles. The Bertz CT molecular complexity index is 822. The molecule has 0 aromatic heterocycles. The van der Waals surface area contributed by atoms with Crippen LogP contribution >= 0.6 is 0 Å². The van der Waals surface area contributed by atoms with Crippen molar-refractivity contribution in [2.24, 2.45) is 0 Å². The van der Waals surface area contributed by atoms with Gasteiger partial charge in [-0.1, -0.05) is 92.4 Å². The van der Waals surface area contributed by atoms with Crippen molar-refractivity contribution in [3.63, 3.8) is 0 Å². The van der Waals surface area contributed by atoms with Crippen LogP contribution in [0.15, 0.2) is 84.9 Å². The molecule has 0 aliphatic heterocycles. The van der Waals surface area contributed by atoms with E-state index in [2.05, 4.69) is 98.8 Å². The lowest BCUT2D eigenvalue weighted by Gasteiger charge is -1.98. The van der Waals surface area contributed by atoms with E-state index >= 15 is 0 Å². The van der Waals surface area contributed by atoms with E-state index < -0.39 is 0 Å². The Kier molecular flexibility index (Phi) is 5.54. The molecule has 0 spiro atoms. The van der Waals surface area contributed by atoms with Crippen molar-refractivity contribution in [2.75, 3.05) is 0 Å². The molecule has 4 aromatic rings. The fraction of sp³-hybridized carbons (Fsp3) is 0.130. The van der Waals surface area contributed by atoms with Crippen LogP contribution in [-0.4, -0.2) is 0 Å². The van der Waals surface area contributed by atoms with Crippen molar-refractivity contribution >= 4 is 21.5 Å². The Balaban J connectivity index is 0.000000222. The summed E-state index contributed by atoms with van der Waals surface area (Å²) in [4.78, 5) is 0. The van der Waals surface area contributed by atoms with Crippen molar-refractivity contribution in [3.8, 4) is 0 Å². The minimum absolute atomic E-state index is 0. The largest absolute Gasteiger partial charge is 0.0776 e. The third-order valence-corrected chi connectivity index (χ3v) is 4.02. The zero-order valence-electron chi connectivity index (χ0n) is 13.1. The third kappa shape index (κ3) is 3.78. The van der Waals surface area contributed by atoms with Crippen molar-refractivity contribution in [2.45, 2.75) is 21.3 Å². The molecule has 0 bridgehead atoms. The number of hydrogen-bond donors (Lipinski definition) is 0. The Morgan fingerprint density at radius 3 is 1.22 bits per heavy atom. The Morgan fingerprint density at radius 2 is 0.826 bits per heavy atom. The number of aryl methyl sites for hydroxylation is 2. The van der Waals surface area contributed by atoms with E-state index in [1.54, 1.807) is 0 Å². The molecule has 0 aliphatic rings. The standard InChI is InChI=1S/2C11H10.CH4.H2/c2*1-9-5-4-7-10-6-2-3-8-11(9)10;;/h2*2-8H,1H3;1H4;1H. The zero-order chi connectivity index (χ0) is 15.4. The lowest BCUT2D eigenvalue weighted by molar-refractivity contribution is 1.53. The highest BCUT2D eigenvalue weighted by atomic mass is 14.0. The summed E-state index contributed by atoms with van der Waals surface area (Å²) in [5, 5.41) is 5.37. The average Bonchev–Trinajstić information content (AvgIpc) is 2.57. The summed E-state index contributed by atoms with van der Waals surface area (Å²) in [6.07, 6.45) is 0. The normalized spacial score (nSPS) is 9.83. The molecule has 4 rings (SSSR count).